The van der Waals surface area contributed by atoms with Crippen molar-refractivity contribution >= 4 is 5.97 Å². The Morgan fingerprint density at radius 2 is 2.46 bits per heavy atom. The first kappa shape index (κ1) is 7.80. The molecule has 5 atom stereocenters. The first-order chi connectivity index (χ1) is 6.24. The third-order valence-electron chi connectivity index (χ3n) is 4.71. The van der Waals surface area contributed by atoms with Crippen LogP contribution in [0, 0.1) is 29.1 Å². The molecule has 0 radical (unpaired) electrons. The van der Waals surface area contributed by atoms with Gasteiger partial charge in [-0.2, -0.15) is 0 Å². The van der Waals surface area contributed by atoms with Crippen LogP contribution in [-0.4, -0.2) is 19.6 Å². The highest BCUT2D eigenvalue weighted by molar-refractivity contribution is 5.74. The fraction of sp³-hybridized carbons (Fsp3) is 0.900. The Labute approximate surface area is 77.6 Å². The van der Waals surface area contributed by atoms with E-state index in [-0.39, 0.29) is 11.9 Å². The number of methoxy groups -OCH3 is 1. The first-order valence-corrected chi connectivity index (χ1v) is 5.02. The fourth-order valence-corrected chi connectivity index (χ4v) is 4.05. The molecule has 0 aromatic rings. The third kappa shape index (κ3) is 0.654. The Morgan fingerprint density at radius 1 is 1.69 bits per heavy atom. The lowest BCUT2D eigenvalue weighted by molar-refractivity contribution is -0.150. The van der Waals surface area contributed by atoms with Gasteiger partial charge in [-0.15, -0.1) is 0 Å². The molecule has 2 N–H and O–H groups in total. The van der Waals surface area contributed by atoms with Gasteiger partial charge < -0.3 is 10.5 Å². The van der Waals surface area contributed by atoms with Gasteiger partial charge in [0.05, 0.1) is 13.0 Å². The largest absolute Gasteiger partial charge is 0.469 e. The van der Waals surface area contributed by atoms with Crippen molar-refractivity contribution in [3.8, 4) is 0 Å². The topological polar surface area (TPSA) is 52.3 Å². The van der Waals surface area contributed by atoms with E-state index in [2.05, 4.69) is 0 Å². The van der Waals surface area contributed by atoms with E-state index in [1.807, 2.05) is 0 Å². The zero-order chi connectivity index (χ0) is 9.22. The minimum Gasteiger partial charge on any atom is -0.469 e. The predicted molar refractivity (Wildman–Crippen MR) is 46.7 cm³/mol. The molecule has 3 fully saturated rings. The molecule has 2 unspecified atom stereocenters. The number of hydrogen-bond donors (Lipinski definition) is 1. The number of fused-ring (bicyclic) bond motifs is 1. The number of hydrogen-bond acceptors (Lipinski definition) is 3. The quantitative estimate of drug-likeness (QED) is 0.627. The summed E-state index contributed by atoms with van der Waals surface area (Å²) < 4.78 is 4.79. The second kappa shape index (κ2) is 2.08. The third-order valence-corrected chi connectivity index (χ3v) is 4.71. The summed E-state index contributed by atoms with van der Waals surface area (Å²) in [6.45, 7) is 0.826. The van der Waals surface area contributed by atoms with Crippen LogP contribution < -0.4 is 5.73 Å². The van der Waals surface area contributed by atoms with Gasteiger partial charge >= 0.3 is 5.97 Å². The van der Waals surface area contributed by atoms with Crippen LogP contribution in [0.1, 0.15) is 12.8 Å². The van der Waals surface area contributed by atoms with Crippen LogP contribution in [0.3, 0.4) is 0 Å². The van der Waals surface area contributed by atoms with E-state index in [1.54, 1.807) is 0 Å². The van der Waals surface area contributed by atoms with E-state index >= 15 is 0 Å². The highest BCUT2D eigenvalue weighted by Crippen LogP contribution is 2.82. The smallest absolute Gasteiger partial charge is 0.308 e. The fourth-order valence-electron chi connectivity index (χ4n) is 4.05. The molecule has 72 valence electrons. The minimum atomic E-state index is 0.00261. The first-order valence-electron chi connectivity index (χ1n) is 5.02. The summed E-state index contributed by atoms with van der Waals surface area (Å²) in [5.74, 6) is 2.35. The van der Waals surface area contributed by atoms with Crippen molar-refractivity contribution in [2.75, 3.05) is 13.7 Å². The van der Waals surface area contributed by atoms with Gasteiger partial charge in [0.1, 0.15) is 0 Å². The van der Waals surface area contributed by atoms with Crippen molar-refractivity contribution in [1.82, 2.24) is 0 Å². The number of rotatable bonds is 2. The molecule has 3 heteroatoms. The molecular formula is C10H15NO2. The van der Waals surface area contributed by atoms with Crippen LogP contribution in [0.15, 0.2) is 0 Å². The van der Waals surface area contributed by atoms with Crippen molar-refractivity contribution in [2.45, 2.75) is 12.8 Å². The normalized spacial score (nSPS) is 55.2. The molecule has 0 amide bonds. The standard InChI is InChI=1S/C10H15NO2/c1-13-9(12)5-2-7-8-6(5)3-10(7,8)4-11/h5-8H,2-4,11H2,1H3/t5?,6?,7-,8-,10+/m1/s1. The lowest BCUT2D eigenvalue weighted by Gasteiger charge is -2.39. The van der Waals surface area contributed by atoms with E-state index in [4.69, 9.17) is 10.5 Å². The van der Waals surface area contributed by atoms with Gasteiger partial charge in [-0.1, -0.05) is 0 Å². The molecule has 0 spiro atoms. The molecule has 3 saturated carbocycles. The molecule has 0 aromatic carbocycles. The Balaban J connectivity index is 1.74. The van der Waals surface area contributed by atoms with Crippen molar-refractivity contribution < 1.29 is 9.53 Å². The molecule has 3 rings (SSSR count). The molecule has 0 heterocycles. The average molecular weight is 181 g/mol. The lowest BCUT2D eigenvalue weighted by atomic mass is 9.66. The van der Waals surface area contributed by atoms with E-state index < -0.39 is 0 Å². The number of esters is 1. The van der Waals surface area contributed by atoms with Gasteiger partial charge in [0, 0.05) is 0 Å². The number of nitrogens with two attached hydrogens (primary N) is 1. The van der Waals surface area contributed by atoms with Crippen LogP contribution in [-0.2, 0) is 9.53 Å². The Kier molecular flexibility index (Phi) is 1.25. The van der Waals surface area contributed by atoms with E-state index in [1.165, 1.54) is 13.5 Å². The average Bonchev–Trinajstić information content (AvgIpc) is 2.45. The maximum Gasteiger partial charge on any atom is 0.308 e. The monoisotopic (exact) mass is 181 g/mol. The molecule has 13 heavy (non-hydrogen) atoms. The summed E-state index contributed by atoms with van der Waals surface area (Å²) in [6.07, 6.45) is 2.22. The highest BCUT2D eigenvalue weighted by atomic mass is 16.5. The Morgan fingerprint density at radius 3 is 2.85 bits per heavy atom. The molecule has 3 aliphatic carbocycles. The molecular weight excluding hydrogens is 166 g/mol. The second-order valence-electron chi connectivity index (χ2n) is 4.80. The summed E-state index contributed by atoms with van der Waals surface area (Å²) in [4.78, 5) is 11.4. The molecule has 3 nitrogen and oxygen atoms in total. The lowest BCUT2D eigenvalue weighted by Crippen LogP contribution is -2.41. The zero-order valence-electron chi connectivity index (χ0n) is 7.82. The molecule has 0 aliphatic heterocycles. The van der Waals surface area contributed by atoms with Crippen LogP contribution in [0.5, 0.6) is 0 Å². The van der Waals surface area contributed by atoms with Crippen LogP contribution in [0.4, 0.5) is 0 Å². The maximum atomic E-state index is 11.4. The van der Waals surface area contributed by atoms with Gasteiger partial charge in [-0.05, 0) is 42.6 Å². The summed E-state index contributed by atoms with van der Waals surface area (Å²) in [6, 6.07) is 0. The SMILES string of the molecule is COC(=O)C1C[C@@H]2[C@H]3C1C[C@]23CN. The van der Waals surface area contributed by atoms with Crippen molar-refractivity contribution in [2.24, 2.45) is 34.8 Å². The minimum absolute atomic E-state index is 0.00261. The summed E-state index contributed by atoms with van der Waals surface area (Å²) in [5.41, 5.74) is 6.22. The van der Waals surface area contributed by atoms with E-state index in [9.17, 15) is 4.79 Å². The summed E-state index contributed by atoms with van der Waals surface area (Å²) in [7, 11) is 1.49. The number of carbonyl (C=O) groups is 1. The van der Waals surface area contributed by atoms with Gasteiger partial charge in [0.15, 0.2) is 0 Å². The van der Waals surface area contributed by atoms with Crippen LogP contribution >= 0.6 is 0 Å². The molecule has 0 saturated heterocycles. The van der Waals surface area contributed by atoms with Crippen LogP contribution in [0.25, 0.3) is 0 Å². The molecule has 0 aromatic heterocycles. The van der Waals surface area contributed by atoms with Gasteiger partial charge in [-0.3, -0.25) is 4.79 Å². The number of ether oxygens (including phenoxy) is 1. The summed E-state index contributed by atoms with van der Waals surface area (Å²) in [5, 5.41) is 0. The Hall–Kier alpha value is -0.570. The van der Waals surface area contributed by atoms with Gasteiger partial charge in [0.25, 0.3) is 0 Å². The van der Waals surface area contributed by atoms with E-state index in [0.717, 1.165) is 24.8 Å². The van der Waals surface area contributed by atoms with Gasteiger partial charge in [0.2, 0.25) is 0 Å². The molecule has 0 bridgehead atoms. The Bertz CT molecular complexity index is 272. The summed E-state index contributed by atoms with van der Waals surface area (Å²) >= 11 is 0. The van der Waals surface area contributed by atoms with Crippen molar-refractivity contribution in [3.63, 3.8) is 0 Å². The van der Waals surface area contributed by atoms with Crippen LogP contribution in [0.2, 0.25) is 0 Å². The zero-order valence-corrected chi connectivity index (χ0v) is 7.82. The maximum absolute atomic E-state index is 11.4. The van der Waals surface area contributed by atoms with Crippen molar-refractivity contribution in [3.05, 3.63) is 0 Å². The predicted octanol–water partition coefficient (Wildman–Crippen LogP) is 0.390. The van der Waals surface area contributed by atoms with E-state index in [0.29, 0.717) is 11.3 Å². The van der Waals surface area contributed by atoms with Gasteiger partial charge in [-0.25, -0.2) is 0 Å². The highest BCUT2D eigenvalue weighted by Gasteiger charge is 2.80. The second-order valence-corrected chi connectivity index (χ2v) is 4.80. The molecule has 3 aliphatic rings. The van der Waals surface area contributed by atoms with Crippen molar-refractivity contribution in [1.29, 1.82) is 0 Å². The number of carbonyl (C=O) groups excluding carboxylic acids is 1.